The number of piperazine rings is 1. The monoisotopic (exact) mass is 663 g/mol. The normalized spacial score (nSPS) is 19.1. The number of ether oxygens (including phenoxy) is 2. The Balaban J connectivity index is 1.17. The minimum Gasteiger partial charge on any atom is -0.493 e. The number of nitrogens with zero attached hydrogens (tertiary/aromatic N) is 5. The van der Waals surface area contributed by atoms with E-state index in [9.17, 15) is 22.4 Å². The summed E-state index contributed by atoms with van der Waals surface area (Å²) < 4.78 is 66.7. The number of halogens is 4. The van der Waals surface area contributed by atoms with Gasteiger partial charge in [-0.05, 0) is 93.1 Å². The Bertz CT molecular complexity index is 1740. The van der Waals surface area contributed by atoms with Gasteiger partial charge in [0.1, 0.15) is 11.6 Å². The molecule has 3 aliphatic rings. The molecule has 8 nitrogen and oxygen atoms in total. The number of carbonyl (C=O) groups is 1. The molecule has 0 bridgehead atoms. The summed E-state index contributed by atoms with van der Waals surface area (Å²) in [4.78, 5) is 22.8. The Morgan fingerprint density at radius 2 is 1.65 bits per heavy atom. The molecular formula is C36H37F4N5O3. The number of piperidine rings is 1. The van der Waals surface area contributed by atoms with E-state index in [1.807, 2.05) is 0 Å². The lowest BCUT2D eigenvalue weighted by Gasteiger charge is -2.42. The van der Waals surface area contributed by atoms with Crippen LogP contribution in [-0.2, 0) is 11.0 Å². The van der Waals surface area contributed by atoms with Crippen LogP contribution in [0.1, 0.15) is 35.1 Å². The largest absolute Gasteiger partial charge is 0.493 e. The van der Waals surface area contributed by atoms with E-state index in [0.717, 1.165) is 64.2 Å². The zero-order valence-electron chi connectivity index (χ0n) is 26.9. The van der Waals surface area contributed by atoms with Crippen molar-refractivity contribution in [3.63, 3.8) is 0 Å². The maximum atomic E-state index is 14.5. The molecule has 3 aliphatic heterocycles. The Morgan fingerprint density at radius 1 is 0.917 bits per heavy atom. The van der Waals surface area contributed by atoms with Gasteiger partial charge in [-0.2, -0.15) is 18.4 Å². The van der Waals surface area contributed by atoms with E-state index < -0.39 is 23.3 Å². The van der Waals surface area contributed by atoms with Crippen LogP contribution in [0.15, 0.2) is 54.6 Å². The number of anilines is 1. The van der Waals surface area contributed by atoms with Gasteiger partial charge in [0.2, 0.25) is 0 Å². The first-order chi connectivity index (χ1) is 23.0. The summed E-state index contributed by atoms with van der Waals surface area (Å²) >= 11 is 0. The minimum absolute atomic E-state index is 0.0112. The predicted molar refractivity (Wildman–Crippen MR) is 174 cm³/mol. The highest BCUT2D eigenvalue weighted by Crippen LogP contribution is 2.42. The van der Waals surface area contributed by atoms with Gasteiger partial charge in [0, 0.05) is 56.4 Å². The standard InChI is InChI=1S/C36H37F4N5O3/c1-42-13-16-44(17-14-42)27-9-11-43(12-10-27)15-18-45-31-6-5-26(37)22-28(31)29(35(45)46)19-24-3-8-33(34(21-24)47-2)48-32-7-4-25(23-41)20-30(32)36(38,39)40/h3-8,19-22,27H,9-18H2,1-2H3. The summed E-state index contributed by atoms with van der Waals surface area (Å²) in [7, 11) is 3.51. The average molecular weight is 664 g/mol. The maximum Gasteiger partial charge on any atom is 0.420 e. The lowest BCUT2D eigenvalue weighted by molar-refractivity contribution is -0.138. The van der Waals surface area contributed by atoms with Crippen LogP contribution in [0, 0.1) is 17.1 Å². The number of fused-ring (bicyclic) bond motifs is 1. The molecule has 2 fully saturated rings. The molecule has 0 unspecified atom stereocenters. The van der Waals surface area contributed by atoms with E-state index in [0.29, 0.717) is 41.5 Å². The highest BCUT2D eigenvalue weighted by molar-refractivity contribution is 6.35. The van der Waals surface area contributed by atoms with E-state index in [1.54, 1.807) is 35.2 Å². The van der Waals surface area contributed by atoms with Crippen molar-refractivity contribution < 1.29 is 31.8 Å². The number of likely N-dealkylation sites (tertiary alicyclic amines) is 1. The predicted octanol–water partition coefficient (Wildman–Crippen LogP) is 6.12. The lowest BCUT2D eigenvalue weighted by atomic mass is 10.0. The van der Waals surface area contributed by atoms with Crippen LogP contribution in [-0.4, -0.2) is 93.2 Å². The molecule has 0 atom stereocenters. The van der Waals surface area contributed by atoms with Crippen molar-refractivity contribution in [3.8, 4) is 23.3 Å². The van der Waals surface area contributed by atoms with E-state index in [1.165, 1.54) is 31.4 Å². The smallest absolute Gasteiger partial charge is 0.420 e. The second kappa shape index (κ2) is 14.0. The number of hydrogen-bond donors (Lipinski definition) is 0. The molecule has 2 saturated heterocycles. The van der Waals surface area contributed by atoms with Crippen LogP contribution in [0.2, 0.25) is 0 Å². The number of amides is 1. The van der Waals surface area contributed by atoms with Gasteiger partial charge in [-0.25, -0.2) is 4.39 Å². The van der Waals surface area contributed by atoms with Crippen molar-refractivity contribution >= 4 is 23.2 Å². The van der Waals surface area contributed by atoms with Gasteiger partial charge < -0.3 is 24.2 Å². The molecule has 1 amide bonds. The highest BCUT2D eigenvalue weighted by atomic mass is 19.4. The fourth-order valence-corrected chi connectivity index (χ4v) is 6.68. The number of benzene rings is 3. The molecule has 0 spiro atoms. The third kappa shape index (κ3) is 7.18. The van der Waals surface area contributed by atoms with Crippen molar-refractivity contribution in [1.82, 2.24) is 14.7 Å². The zero-order valence-corrected chi connectivity index (χ0v) is 26.9. The number of nitriles is 1. The first-order valence-electron chi connectivity index (χ1n) is 16.0. The lowest BCUT2D eigenvalue weighted by Crippen LogP contribution is -2.52. The van der Waals surface area contributed by atoms with E-state index in [2.05, 4.69) is 21.7 Å². The Hall–Kier alpha value is -4.44. The highest BCUT2D eigenvalue weighted by Gasteiger charge is 2.36. The van der Waals surface area contributed by atoms with Crippen LogP contribution in [0.5, 0.6) is 17.2 Å². The van der Waals surface area contributed by atoms with Crippen molar-refractivity contribution in [1.29, 1.82) is 5.26 Å². The molecule has 252 valence electrons. The van der Waals surface area contributed by atoms with E-state index >= 15 is 0 Å². The molecule has 3 aromatic rings. The number of methoxy groups -OCH3 is 1. The van der Waals surface area contributed by atoms with Gasteiger partial charge in [0.25, 0.3) is 5.91 Å². The van der Waals surface area contributed by atoms with E-state index in [-0.39, 0.29) is 23.0 Å². The molecule has 48 heavy (non-hydrogen) atoms. The van der Waals surface area contributed by atoms with Gasteiger partial charge in [0.15, 0.2) is 11.5 Å². The molecule has 0 saturated carbocycles. The minimum atomic E-state index is -4.75. The number of carbonyl (C=O) groups excluding carboxylic acids is 1. The van der Waals surface area contributed by atoms with Gasteiger partial charge >= 0.3 is 6.18 Å². The van der Waals surface area contributed by atoms with Crippen molar-refractivity contribution in [3.05, 3.63) is 82.7 Å². The summed E-state index contributed by atoms with van der Waals surface area (Å²) in [5, 5.41) is 9.06. The summed E-state index contributed by atoms with van der Waals surface area (Å²) in [5.41, 5.74) is 0.681. The van der Waals surface area contributed by atoms with Crippen LogP contribution < -0.4 is 14.4 Å². The molecule has 0 radical (unpaired) electrons. The molecular weight excluding hydrogens is 626 g/mol. The van der Waals surface area contributed by atoms with Crippen molar-refractivity contribution in [2.75, 3.05) is 71.4 Å². The van der Waals surface area contributed by atoms with Crippen LogP contribution >= 0.6 is 0 Å². The van der Waals surface area contributed by atoms with Crippen LogP contribution in [0.25, 0.3) is 11.6 Å². The fraction of sp³-hybridized carbons (Fsp3) is 0.389. The zero-order chi connectivity index (χ0) is 34.0. The molecule has 0 aromatic heterocycles. The average Bonchev–Trinajstić information content (AvgIpc) is 3.33. The Morgan fingerprint density at radius 3 is 2.33 bits per heavy atom. The number of rotatable bonds is 8. The number of hydrogen-bond acceptors (Lipinski definition) is 7. The molecule has 12 heteroatoms. The second-order valence-electron chi connectivity index (χ2n) is 12.4. The summed E-state index contributed by atoms with van der Waals surface area (Å²) in [6.07, 6.45) is -0.945. The molecule has 3 heterocycles. The first kappa shape index (κ1) is 33.5. The van der Waals surface area contributed by atoms with Crippen molar-refractivity contribution in [2.24, 2.45) is 0 Å². The fourth-order valence-electron chi connectivity index (χ4n) is 6.68. The van der Waals surface area contributed by atoms with E-state index in [4.69, 9.17) is 14.7 Å². The molecule has 0 N–H and O–H groups in total. The first-order valence-corrected chi connectivity index (χ1v) is 16.0. The maximum absolute atomic E-state index is 14.5. The Kier molecular flexibility index (Phi) is 9.73. The van der Waals surface area contributed by atoms with Gasteiger partial charge in [0.05, 0.1) is 30.0 Å². The third-order valence-corrected chi connectivity index (χ3v) is 9.40. The topological polar surface area (TPSA) is 72.3 Å². The number of alkyl halides is 3. The quantitative estimate of drug-likeness (QED) is 0.213. The van der Waals surface area contributed by atoms with Crippen LogP contribution in [0.3, 0.4) is 0 Å². The molecule has 6 rings (SSSR count). The SMILES string of the molecule is COc1cc(C=C2C(=O)N(CCN3CCC(N4CCN(C)CC4)CC3)c3ccc(F)cc32)ccc1Oc1ccc(C#N)cc1C(F)(F)F. The molecule has 3 aromatic carbocycles. The summed E-state index contributed by atoms with van der Waals surface area (Å²) in [6, 6.07) is 14.2. The van der Waals surface area contributed by atoms with Gasteiger partial charge in [-0.1, -0.05) is 6.07 Å². The van der Waals surface area contributed by atoms with Crippen LogP contribution in [0.4, 0.5) is 23.2 Å². The Labute approximate surface area is 277 Å². The van der Waals surface area contributed by atoms with Gasteiger partial charge in [-0.15, -0.1) is 0 Å². The molecule has 0 aliphatic carbocycles. The van der Waals surface area contributed by atoms with Crippen molar-refractivity contribution in [2.45, 2.75) is 25.1 Å². The summed E-state index contributed by atoms with van der Waals surface area (Å²) in [6.45, 7) is 7.46. The second-order valence-corrected chi connectivity index (χ2v) is 12.4. The van der Waals surface area contributed by atoms with Gasteiger partial charge in [-0.3, -0.25) is 9.69 Å². The third-order valence-electron chi connectivity index (χ3n) is 9.40. The number of likely N-dealkylation sites (N-methyl/N-ethyl adjacent to an activating group) is 1. The summed E-state index contributed by atoms with van der Waals surface area (Å²) in [5.74, 6) is -1.07.